The summed E-state index contributed by atoms with van der Waals surface area (Å²) in [6.07, 6.45) is 2.83. The highest BCUT2D eigenvalue weighted by molar-refractivity contribution is 7.90. The van der Waals surface area contributed by atoms with Gasteiger partial charge in [0.25, 0.3) is 0 Å². The number of hydrogen-bond acceptors (Lipinski definition) is 5. The van der Waals surface area contributed by atoms with Gasteiger partial charge in [0.1, 0.15) is 9.84 Å². The van der Waals surface area contributed by atoms with Crippen LogP contribution in [0.2, 0.25) is 0 Å². The maximum Gasteiger partial charge on any atom is 0.149 e. The first-order valence-electron chi connectivity index (χ1n) is 5.28. The van der Waals surface area contributed by atoms with E-state index < -0.39 is 9.84 Å². The van der Waals surface area contributed by atoms with E-state index in [0.717, 1.165) is 11.4 Å². The Morgan fingerprint density at radius 2 is 2.12 bits per heavy atom. The van der Waals surface area contributed by atoms with Crippen LogP contribution in [0.5, 0.6) is 0 Å². The molecular formula is C11H18N2O3S. The number of nitrogens with zero attached hydrogens (tertiary/aromatic N) is 2. The molecule has 1 heterocycles. The second-order valence-corrected chi connectivity index (χ2v) is 6.42. The molecule has 17 heavy (non-hydrogen) atoms. The van der Waals surface area contributed by atoms with Crippen LogP contribution in [0.3, 0.4) is 0 Å². The van der Waals surface area contributed by atoms with E-state index in [2.05, 4.69) is 4.98 Å². The van der Waals surface area contributed by atoms with Crippen molar-refractivity contribution in [2.75, 3.05) is 30.5 Å². The van der Waals surface area contributed by atoms with Crippen molar-refractivity contribution in [1.29, 1.82) is 0 Å². The van der Waals surface area contributed by atoms with Crippen LogP contribution in [0, 0.1) is 6.92 Å². The zero-order valence-electron chi connectivity index (χ0n) is 10.3. The van der Waals surface area contributed by atoms with Crippen molar-refractivity contribution in [3.8, 4) is 0 Å². The lowest BCUT2D eigenvalue weighted by molar-refractivity contribution is 0.281. The fraction of sp³-hybridized carbons (Fsp3) is 0.545. The largest absolute Gasteiger partial charge is 0.392 e. The van der Waals surface area contributed by atoms with Crippen molar-refractivity contribution in [3.05, 3.63) is 23.5 Å². The third-order valence-electron chi connectivity index (χ3n) is 2.48. The Morgan fingerprint density at radius 1 is 1.47 bits per heavy atom. The van der Waals surface area contributed by atoms with Gasteiger partial charge in [0.2, 0.25) is 0 Å². The van der Waals surface area contributed by atoms with Crippen molar-refractivity contribution >= 4 is 15.5 Å². The highest BCUT2D eigenvalue weighted by atomic mass is 32.2. The molecule has 0 amide bonds. The lowest BCUT2D eigenvalue weighted by atomic mass is 10.2. The molecule has 0 saturated heterocycles. The maximum atomic E-state index is 11.1. The van der Waals surface area contributed by atoms with Gasteiger partial charge < -0.3 is 10.0 Å². The van der Waals surface area contributed by atoms with Crippen molar-refractivity contribution in [3.63, 3.8) is 0 Å². The molecule has 0 aliphatic heterocycles. The molecule has 0 aliphatic carbocycles. The average Bonchev–Trinajstić information content (AvgIpc) is 2.25. The molecule has 96 valence electrons. The normalized spacial score (nSPS) is 11.5. The standard InChI is InChI=1S/C11H18N2O3S/c1-9-6-11(10(8-14)7-12-9)13(2)4-5-17(3,15)16/h6-7,14H,4-5,8H2,1-3H3. The number of sulfone groups is 1. The first kappa shape index (κ1) is 13.9. The fourth-order valence-corrected chi connectivity index (χ4v) is 2.08. The lowest BCUT2D eigenvalue weighted by Gasteiger charge is -2.21. The van der Waals surface area contributed by atoms with Crippen LogP contribution in [0.4, 0.5) is 5.69 Å². The maximum absolute atomic E-state index is 11.1. The van der Waals surface area contributed by atoms with E-state index in [9.17, 15) is 13.5 Å². The quantitative estimate of drug-likeness (QED) is 0.826. The summed E-state index contributed by atoms with van der Waals surface area (Å²) < 4.78 is 22.2. The Kier molecular flexibility index (Phi) is 4.47. The smallest absolute Gasteiger partial charge is 0.149 e. The van der Waals surface area contributed by atoms with E-state index in [0.29, 0.717) is 12.1 Å². The Balaban J connectivity index is 2.87. The molecule has 5 nitrogen and oxygen atoms in total. The fourth-order valence-electron chi connectivity index (χ4n) is 1.47. The van der Waals surface area contributed by atoms with Gasteiger partial charge in [-0.1, -0.05) is 0 Å². The summed E-state index contributed by atoms with van der Waals surface area (Å²) in [5.74, 6) is 0.0930. The van der Waals surface area contributed by atoms with Gasteiger partial charge >= 0.3 is 0 Å². The van der Waals surface area contributed by atoms with Gasteiger partial charge in [-0.15, -0.1) is 0 Å². The first-order valence-corrected chi connectivity index (χ1v) is 7.35. The molecule has 1 aromatic rings. The molecule has 0 atom stereocenters. The van der Waals surface area contributed by atoms with Crippen LogP contribution in [0.25, 0.3) is 0 Å². The number of aliphatic hydroxyl groups is 1. The summed E-state index contributed by atoms with van der Waals surface area (Å²) in [4.78, 5) is 5.92. The lowest BCUT2D eigenvalue weighted by Crippen LogP contribution is -2.26. The number of pyridine rings is 1. The van der Waals surface area contributed by atoms with Gasteiger partial charge in [0, 0.05) is 43.0 Å². The summed E-state index contributed by atoms with van der Waals surface area (Å²) in [5, 5.41) is 9.20. The minimum absolute atomic E-state index is 0.0930. The van der Waals surface area contributed by atoms with Crippen molar-refractivity contribution in [2.45, 2.75) is 13.5 Å². The molecular weight excluding hydrogens is 240 g/mol. The predicted molar refractivity (Wildman–Crippen MR) is 67.9 cm³/mol. The number of aliphatic hydroxyl groups excluding tert-OH is 1. The molecule has 6 heteroatoms. The zero-order chi connectivity index (χ0) is 13.1. The third-order valence-corrected chi connectivity index (χ3v) is 3.40. The minimum atomic E-state index is -2.98. The van der Waals surface area contributed by atoms with Crippen LogP contribution in [0.15, 0.2) is 12.3 Å². The number of hydrogen-bond donors (Lipinski definition) is 1. The molecule has 1 rings (SSSR count). The Labute approximate surface area is 102 Å². The number of rotatable bonds is 5. The molecule has 1 aromatic heterocycles. The average molecular weight is 258 g/mol. The molecule has 0 saturated carbocycles. The first-order chi connectivity index (χ1) is 7.83. The molecule has 0 radical (unpaired) electrons. The van der Waals surface area contributed by atoms with E-state index in [4.69, 9.17) is 0 Å². The molecule has 0 spiro atoms. The second-order valence-electron chi connectivity index (χ2n) is 4.16. The Hall–Kier alpha value is -1.14. The van der Waals surface area contributed by atoms with E-state index in [-0.39, 0.29) is 12.4 Å². The van der Waals surface area contributed by atoms with E-state index in [1.165, 1.54) is 6.26 Å². The van der Waals surface area contributed by atoms with E-state index >= 15 is 0 Å². The zero-order valence-corrected chi connectivity index (χ0v) is 11.2. The van der Waals surface area contributed by atoms with Crippen LogP contribution >= 0.6 is 0 Å². The Bertz CT molecular complexity index is 485. The highest BCUT2D eigenvalue weighted by Gasteiger charge is 2.10. The minimum Gasteiger partial charge on any atom is -0.392 e. The van der Waals surface area contributed by atoms with Gasteiger partial charge in [0.15, 0.2) is 0 Å². The molecule has 0 aromatic carbocycles. The molecule has 1 N–H and O–H groups in total. The molecule has 0 aliphatic rings. The van der Waals surface area contributed by atoms with E-state index in [1.807, 2.05) is 17.9 Å². The third kappa shape index (κ3) is 4.32. The van der Waals surface area contributed by atoms with Crippen molar-refractivity contribution in [1.82, 2.24) is 4.98 Å². The van der Waals surface area contributed by atoms with Gasteiger partial charge in [-0.25, -0.2) is 8.42 Å². The van der Waals surface area contributed by atoms with Crippen molar-refractivity contribution in [2.24, 2.45) is 0 Å². The number of aromatic nitrogens is 1. The van der Waals surface area contributed by atoms with E-state index in [1.54, 1.807) is 13.2 Å². The topological polar surface area (TPSA) is 70.5 Å². The van der Waals surface area contributed by atoms with Gasteiger partial charge in [-0.2, -0.15) is 0 Å². The molecule has 0 unspecified atom stereocenters. The molecule has 0 fully saturated rings. The SMILES string of the molecule is Cc1cc(N(C)CCS(C)(=O)=O)c(CO)cn1. The summed E-state index contributed by atoms with van der Waals surface area (Å²) in [7, 11) is -1.17. The highest BCUT2D eigenvalue weighted by Crippen LogP contribution is 2.19. The predicted octanol–water partition coefficient (Wildman–Crippen LogP) is 0.363. The van der Waals surface area contributed by atoms with Crippen LogP contribution in [-0.4, -0.2) is 44.1 Å². The van der Waals surface area contributed by atoms with Crippen LogP contribution in [-0.2, 0) is 16.4 Å². The Morgan fingerprint density at radius 3 is 2.65 bits per heavy atom. The number of aryl methyl sites for hydroxylation is 1. The molecule has 0 bridgehead atoms. The monoisotopic (exact) mass is 258 g/mol. The summed E-state index contributed by atoms with van der Waals surface area (Å²) in [5.41, 5.74) is 2.36. The summed E-state index contributed by atoms with van der Waals surface area (Å²) in [6, 6.07) is 1.84. The number of anilines is 1. The van der Waals surface area contributed by atoms with Gasteiger partial charge in [-0.3, -0.25) is 4.98 Å². The second kappa shape index (κ2) is 5.46. The summed E-state index contributed by atoms with van der Waals surface area (Å²) >= 11 is 0. The van der Waals surface area contributed by atoms with Crippen LogP contribution in [0.1, 0.15) is 11.3 Å². The van der Waals surface area contributed by atoms with Crippen LogP contribution < -0.4 is 4.90 Å². The van der Waals surface area contributed by atoms with Crippen molar-refractivity contribution < 1.29 is 13.5 Å². The summed E-state index contributed by atoms with van der Waals surface area (Å²) in [6.45, 7) is 2.15. The van der Waals surface area contributed by atoms with Gasteiger partial charge in [0.05, 0.1) is 12.4 Å². The van der Waals surface area contributed by atoms with Gasteiger partial charge in [-0.05, 0) is 13.0 Å².